The minimum absolute atomic E-state index is 0.241. The standard InChI is InChI=1S/C16H11BrN2O3S/c17-11-5-3-4-10(8-11)15(22)18-16-19(9-14(20)21)12-6-1-2-7-13(12)23-16/h1-8H,9H2,(H,20,21)/b18-16-. The van der Waals surface area contributed by atoms with Crippen LogP contribution in [0.3, 0.4) is 0 Å². The Morgan fingerprint density at radius 2 is 1.96 bits per heavy atom. The van der Waals surface area contributed by atoms with Gasteiger partial charge in [-0.1, -0.05) is 45.5 Å². The fourth-order valence-electron chi connectivity index (χ4n) is 2.17. The molecule has 0 aliphatic rings. The summed E-state index contributed by atoms with van der Waals surface area (Å²) in [5.74, 6) is -1.39. The molecule has 0 aliphatic carbocycles. The average molecular weight is 391 g/mol. The zero-order valence-electron chi connectivity index (χ0n) is 11.8. The fraction of sp³-hybridized carbons (Fsp3) is 0.0625. The largest absolute Gasteiger partial charge is 0.480 e. The molecule has 0 saturated heterocycles. The smallest absolute Gasteiger partial charge is 0.323 e. The Morgan fingerprint density at radius 1 is 1.17 bits per heavy atom. The number of nitrogens with zero attached hydrogens (tertiary/aromatic N) is 2. The maximum atomic E-state index is 12.3. The van der Waals surface area contributed by atoms with Crippen LogP contribution in [0.2, 0.25) is 0 Å². The first kappa shape index (κ1) is 15.6. The lowest BCUT2D eigenvalue weighted by Gasteiger charge is -2.01. The molecule has 5 nitrogen and oxygen atoms in total. The monoisotopic (exact) mass is 390 g/mol. The van der Waals surface area contributed by atoms with Gasteiger partial charge in [-0.25, -0.2) is 0 Å². The number of halogens is 1. The number of aromatic nitrogens is 1. The SMILES string of the molecule is O=C(O)Cn1/c(=N/C(=O)c2cccc(Br)c2)sc2ccccc21. The number of carbonyl (C=O) groups excluding carboxylic acids is 1. The Bertz CT molecular complexity index is 975. The van der Waals surface area contributed by atoms with Crippen molar-refractivity contribution in [2.24, 2.45) is 4.99 Å². The normalized spacial score (nSPS) is 11.8. The zero-order valence-corrected chi connectivity index (χ0v) is 14.2. The molecule has 0 saturated carbocycles. The van der Waals surface area contributed by atoms with Gasteiger partial charge in [-0.15, -0.1) is 0 Å². The Balaban J connectivity index is 2.14. The minimum atomic E-state index is -0.982. The lowest BCUT2D eigenvalue weighted by atomic mass is 10.2. The Morgan fingerprint density at radius 3 is 2.70 bits per heavy atom. The maximum absolute atomic E-state index is 12.3. The second-order valence-electron chi connectivity index (χ2n) is 4.76. The van der Waals surface area contributed by atoms with Crippen molar-refractivity contribution in [1.29, 1.82) is 0 Å². The van der Waals surface area contributed by atoms with Gasteiger partial charge in [0, 0.05) is 10.0 Å². The van der Waals surface area contributed by atoms with Crippen molar-refractivity contribution in [2.45, 2.75) is 6.54 Å². The first-order chi connectivity index (χ1) is 11.0. The number of carbonyl (C=O) groups is 2. The van der Waals surface area contributed by atoms with Crippen LogP contribution in [0.25, 0.3) is 10.2 Å². The van der Waals surface area contributed by atoms with E-state index in [0.717, 1.165) is 14.7 Å². The predicted octanol–water partition coefficient (Wildman–Crippen LogP) is 3.29. The van der Waals surface area contributed by atoms with Crippen LogP contribution in [-0.2, 0) is 11.3 Å². The lowest BCUT2D eigenvalue weighted by molar-refractivity contribution is -0.137. The summed E-state index contributed by atoms with van der Waals surface area (Å²) in [5.41, 5.74) is 1.19. The number of hydrogen-bond donors (Lipinski definition) is 1. The second kappa shape index (κ2) is 6.47. The number of fused-ring (bicyclic) bond motifs is 1. The first-order valence-electron chi connectivity index (χ1n) is 6.69. The highest BCUT2D eigenvalue weighted by Gasteiger charge is 2.11. The Hall–Kier alpha value is -2.25. The fourth-order valence-corrected chi connectivity index (χ4v) is 3.59. The van der Waals surface area contributed by atoms with E-state index in [1.807, 2.05) is 30.3 Å². The first-order valence-corrected chi connectivity index (χ1v) is 8.30. The van der Waals surface area contributed by atoms with Crippen LogP contribution >= 0.6 is 27.3 Å². The molecule has 0 fully saturated rings. The van der Waals surface area contributed by atoms with E-state index in [4.69, 9.17) is 5.11 Å². The summed E-state index contributed by atoms with van der Waals surface area (Å²) in [5, 5.41) is 9.11. The van der Waals surface area contributed by atoms with Crippen LogP contribution in [0.15, 0.2) is 58.0 Å². The van der Waals surface area contributed by atoms with Crippen molar-refractivity contribution in [3.05, 3.63) is 63.4 Å². The van der Waals surface area contributed by atoms with Crippen LogP contribution in [0.4, 0.5) is 0 Å². The second-order valence-corrected chi connectivity index (χ2v) is 6.68. The number of carboxylic acid groups (broad SMARTS) is 1. The molecule has 23 heavy (non-hydrogen) atoms. The zero-order chi connectivity index (χ0) is 16.4. The number of thiazole rings is 1. The van der Waals surface area contributed by atoms with Gasteiger partial charge in [-0.2, -0.15) is 4.99 Å². The molecule has 0 bridgehead atoms. The van der Waals surface area contributed by atoms with E-state index >= 15 is 0 Å². The van der Waals surface area contributed by atoms with Gasteiger partial charge in [0.2, 0.25) is 0 Å². The molecule has 0 aliphatic heterocycles. The number of hydrogen-bond acceptors (Lipinski definition) is 3. The maximum Gasteiger partial charge on any atom is 0.323 e. The summed E-state index contributed by atoms with van der Waals surface area (Å²) >= 11 is 4.61. The van der Waals surface area contributed by atoms with E-state index in [1.165, 1.54) is 15.9 Å². The topological polar surface area (TPSA) is 71.7 Å². The third-order valence-corrected chi connectivity index (χ3v) is 4.70. The number of carboxylic acids is 1. The van der Waals surface area contributed by atoms with Crippen molar-refractivity contribution < 1.29 is 14.7 Å². The lowest BCUT2D eigenvalue weighted by Crippen LogP contribution is -2.21. The van der Waals surface area contributed by atoms with Gasteiger partial charge in [0.25, 0.3) is 5.91 Å². The van der Waals surface area contributed by atoms with Crippen molar-refractivity contribution in [2.75, 3.05) is 0 Å². The average Bonchev–Trinajstić information content (AvgIpc) is 2.84. The van der Waals surface area contributed by atoms with Gasteiger partial charge in [0.1, 0.15) is 6.54 Å². The Kier molecular flexibility index (Phi) is 4.40. The summed E-state index contributed by atoms with van der Waals surface area (Å²) < 4.78 is 3.21. The predicted molar refractivity (Wildman–Crippen MR) is 91.5 cm³/mol. The molecule has 0 spiro atoms. The van der Waals surface area contributed by atoms with Gasteiger partial charge in [0.05, 0.1) is 10.2 Å². The molecule has 1 heterocycles. The van der Waals surface area contributed by atoms with Gasteiger partial charge in [0.15, 0.2) is 4.80 Å². The van der Waals surface area contributed by atoms with E-state index in [9.17, 15) is 9.59 Å². The molecule has 1 N–H and O–H groups in total. The molecular weight excluding hydrogens is 380 g/mol. The van der Waals surface area contributed by atoms with Crippen molar-refractivity contribution in [3.63, 3.8) is 0 Å². The molecule has 1 aromatic heterocycles. The van der Waals surface area contributed by atoms with Gasteiger partial charge >= 0.3 is 5.97 Å². The molecule has 0 unspecified atom stereocenters. The minimum Gasteiger partial charge on any atom is -0.480 e. The van der Waals surface area contributed by atoms with Crippen LogP contribution < -0.4 is 4.80 Å². The highest BCUT2D eigenvalue weighted by atomic mass is 79.9. The molecular formula is C16H11BrN2O3S. The highest BCUT2D eigenvalue weighted by Crippen LogP contribution is 2.17. The number of amides is 1. The third kappa shape index (κ3) is 3.40. The summed E-state index contributed by atoms with van der Waals surface area (Å²) in [6, 6.07) is 14.3. The molecule has 3 aromatic rings. The van der Waals surface area contributed by atoms with E-state index in [-0.39, 0.29) is 6.54 Å². The van der Waals surface area contributed by atoms with Crippen molar-refractivity contribution >= 4 is 49.4 Å². The van der Waals surface area contributed by atoms with E-state index in [2.05, 4.69) is 20.9 Å². The van der Waals surface area contributed by atoms with Crippen LogP contribution in [0, 0.1) is 0 Å². The van der Waals surface area contributed by atoms with Crippen LogP contribution in [0.1, 0.15) is 10.4 Å². The number of para-hydroxylation sites is 1. The quantitative estimate of drug-likeness (QED) is 0.745. The number of benzene rings is 2. The molecule has 0 atom stereocenters. The van der Waals surface area contributed by atoms with Gasteiger partial charge < -0.3 is 9.67 Å². The summed E-state index contributed by atoms with van der Waals surface area (Å²) in [7, 11) is 0. The van der Waals surface area contributed by atoms with E-state index < -0.39 is 11.9 Å². The summed E-state index contributed by atoms with van der Waals surface area (Å²) in [4.78, 5) is 27.9. The van der Waals surface area contributed by atoms with Crippen molar-refractivity contribution in [1.82, 2.24) is 4.57 Å². The molecule has 7 heteroatoms. The van der Waals surface area contributed by atoms with Gasteiger partial charge in [-0.05, 0) is 30.3 Å². The number of rotatable bonds is 3. The summed E-state index contributed by atoms with van der Waals surface area (Å²) in [6.07, 6.45) is 0. The van der Waals surface area contributed by atoms with Crippen LogP contribution in [0.5, 0.6) is 0 Å². The van der Waals surface area contributed by atoms with E-state index in [0.29, 0.717) is 10.4 Å². The summed E-state index contributed by atoms with van der Waals surface area (Å²) in [6.45, 7) is -0.241. The molecule has 3 rings (SSSR count). The number of aliphatic carboxylic acids is 1. The van der Waals surface area contributed by atoms with Crippen molar-refractivity contribution in [3.8, 4) is 0 Å². The highest BCUT2D eigenvalue weighted by molar-refractivity contribution is 9.10. The molecule has 1 amide bonds. The molecule has 116 valence electrons. The Labute approximate surface area is 143 Å². The van der Waals surface area contributed by atoms with Crippen LogP contribution in [-0.4, -0.2) is 21.6 Å². The third-order valence-electron chi connectivity index (χ3n) is 3.15. The molecule has 2 aromatic carbocycles. The molecule has 0 radical (unpaired) electrons. The van der Waals surface area contributed by atoms with E-state index in [1.54, 1.807) is 18.2 Å². The van der Waals surface area contributed by atoms with Gasteiger partial charge in [-0.3, -0.25) is 9.59 Å².